The van der Waals surface area contributed by atoms with Gasteiger partial charge < -0.3 is 5.32 Å². The third-order valence-corrected chi connectivity index (χ3v) is 7.53. The van der Waals surface area contributed by atoms with E-state index in [4.69, 9.17) is 0 Å². The first-order chi connectivity index (χ1) is 15.2. The zero-order chi connectivity index (χ0) is 21.0. The summed E-state index contributed by atoms with van der Waals surface area (Å²) in [4.78, 5) is 25.5. The molecule has 7 heteroatoms. The van der Waals surface area contributed by atoms with Gasteiger partial charge in [-0.25, -0.2) is 9.97 Å². The minimum absolute atomic E-state index is 0.0355. The molecule has 0 unspecified atom stereocenters. The topological polar surface area (TPSA) is 58.1 Å². The molecule has 31 heavy (non-hydrogen) atoms. The molecule has 5 rings (SSSR count). The highest BCUT2D eigenvalue weighted by molar-refractivity contribution is 7.18. The van der Waals surface area contributed by atoms with E-state index < -0.39 is 0 Å². The molecular weight excluding hydrogens is 424 g/mol. The SMILES string of the molecule is O=C(CCCc1nc2ccccc2s1)Nc1nc2c(s1)CN(Cc1ccccc1)CC2. The minimum Gasteiger partial charge on any atom is -0.302 e. The number of nitrogens with one attached hydrogen (secondary N) is 1. The second-order valence-electron chi connectivity index (χ2n) is 7.81. The molecule has 0 spiro atoms. The zero-order valence-corrected chi connectivity index (χ0v) is 18.8. The number of benzene rings is 2. The largest absolute Gasteiger partial charge is 0.302 e. The van der Waals surface area contributed by atoms with Gasteiger partial charge in [0.1, 0.15) is 0 Å². The van der Waals surface area contributed by atoms with Crippen LogP contribution in [0.15, 0.2) is 54.6 Å². The molecule has 3 heterocycles. The van der Waals surface area contributed by atoms with Gasteiger partial charge in [-0.05, 0) is 30.5 Å². The van der Waals surface area contributed by atoms with Crippen LogP contribution in [-0.4, -0.2) is 27.3 Å². The lowest BCUT2D eigenvalue weighted by Gasteiger charge is -2.25. The quantitative estimate of drug-likeness (QED) is 0.418. The van der Waals surface area contributed by atoms with Crippen LogP contribution in [0.3, 0.4) is 0 Å². The number of carbonyl (C=O) groups excluding carboxylic acids is 1. The average Bonchev–Trinajstić information content (AvgIpc) is 3.37. The molecule has 1 aliphatic heterocycles. The minimum atomic E-state index is 0.0355. The smallest absolute Gasteiger partial charge is 0.226 e. The van der Waals surface area contributed by atoms with E-state index in [-0.39, 0.29) is 5.91 Å². The van der Waals surface area contributed by atoms with E-state index in [9.17, 15) is 4.79 Å². The van der Waals surface area contributed by atoms with Crippen LogP contribution in [0.25, 0.3) is 10.2 Å². The molecule has 0 saturated carbocycles. The highest BCUT2D eigenvalue weighted by Gasteiger charge is 2.21. The van der Waals surface area contributed by atoms with Gasteiger partial charge in [0.15, 0.2) is 5.13 Å². The van der Waals surface area contributed by atoms with Crippen LogP contribution in [0.5, 0.6) is 0 Å². The van der Waals surface area contributed by atoms with Crippen LogP contribution in [0.1, 0.15) is 34.0 Å². The van der Waals surface area contributed by atoms with Crippen molar-refractivity contribution in [2.24, 2.45) is 0 Å². The standard InChI is InChI=1S/C24H24N4OS2/c29-22(11-6-12-23-25-18-9-4-5-10-20(18)30-23)27-24-26-19-13-14-28(16-21(19)31-24)15-17-7-2-1-3-8-17/h1-5,7-10H,6,11-16H2,(H,26,27,29). The van der Waals surface area contributed by atoms with Crippen LogP contribution in [-0.2, 0) is 30.7 Å². The Morgan fingerprint density at radius 1 is 1.03 bits per heavy atom. The fourth-order valence-corrected chi connectivity index (χ4v) is 5.96. The van der Waals surface area contributed by atoms with Gasteiger partial charge in [0.25, 0.3) is 0 Å². The van der Waals surface area contributed by atoms with Gasteiger partial charge in [-0.3, -0.25) is 9.69 Å². The van der Waals surface area contributed by atoms with Gasteiger partial charge in [0.2, 0.25) is 5.91 Å². The van der Waals surface area contributed by atoms with Crippen molar-refractivity contribution in [2.75, 3.05) is 11.9 Å². The Morgan fingerprint density at radius 2 is 1.87 bits per heavy atom. The molecule has 4 aromatic rings. The monoisotopic (exact) mass is 448 g/mol. The highest BCUT2D eigenvalue weighted by Crippen LogP contribution is 2.29. The Bertz CT molecular complexity index is 1150. The maximum atomic E-state index is 12.4. The lowest BCUT2D eigenvalue weighted by molar-refractivity contribution is -0.116. The third-order valence-electron chi connectivity index (χ3n) is 5.44. The van der Waals surface area contributed by atoms with Crippen molar-refractivity contribution < 1.29 is 4.79 Å². The Balaban J connectivity index is 1.12. The number of thiazole rings is 2. The Kier molecular flexibility index (Phi) is 6.06. The molecule has 0 saturated heterocycles. The molecule has 2 aromatic carbocycles. The molecule has 1 amide bonds. The van der Waals surface area contributed by atoms with E-state index in [1.807, 2.05) is 18.2 Å². The normalized spacial score (nSPS) is 13.9. The number of amides is 1. The second-order valence-corrected chi connectivity index (χ2v) is 10.0. The molecule has 0 bridgehead atoms. The van der Waals surface area contributed by atoms with Gasteiger partial charge in [-0.15, -0.1) is 22.7 Å². The Hall–Kier alpha value is -2.61. The molecule has 0 fully saturated rings. The van der Waals surface area contributed by atoms with Gasteiger partial charge in [0.05, 0.1) is 20.9 Å². The predicted octanol–water partition coefficient (Wildman–Crippen LogP) is 5.27. The summed E-state index contributed by atoms with van der Waals surface area (Å²) in [5.41, 5.74) is 3.51. The van der Waals surface area contributed by atoms with Gasteiger partial charge in [0, 0.05) is 37.4 Å². The fraction of sp³-hybridized carbons (Fsp3) is 0.292. The number of aromatic nitrogens is 2. The number of hydrogen-bond acceptors (Lipinski definition) is 6. The lowest BCUT2D eigenvalue weighted by atomic mass is 10.1. The summed E-state index contributed by atoms with van der Waals surface area (Å²) in [6, 6.07) is 18.7. The molecule has 0 radical (unpaired) electrons. The average molecular weight is 449 g/mol. The molecule has 2 aromatic heterocycles. The molecule has 1 N–H and O–H groups in total. The second kappa shape index (κ2) is 9.26. The van der Waals surface area contributed by atoms with Crippen molar-refractivity contribution >= 4 is 43.9 Å². The molecule has 0 atom stereocenters. The fourth-order valence-electron chi connectivity index (χ4n) is 3.89. The van der Waals surface area contributed by atoms with Crippen molar-refractivity contribution in [3.05, 3.63) is 75.7 Å². The van der Waals surface area contributed by atoms with E-state index in [0.29, 0.717) is 6.42 Å². The number of carbonyl (C=O) groups is 1. The number of nitrogens with zero attached hydrogens (tertiary/aromatic N) is 3. The number of aryl methyl sites for hydroxylation is 1. The van der Waals surface area contributed by atoms with E-state index in [0.717, 1.165) is 60.2 Å². The van der Waals surface area contributed by atoms with Crippen LogP contribution >= 0.6 is 22.7 Å². The Labute approximate surface area is 189 Å². The van der Waals surface area contributed by atoms with Crippen molar-refractivity contribution in [2.45, 2.75) is 38.8 Å². The summed E-state index contributed by atoms with van der Waals surface area (Å²) >= 11 is 3.33. The highest BCUT2D eigenvalue weighted by atomic mass is 32.1. The maximum Gasteiger partial charge on any atom is 0.226 e. The van der Waals surface area contributed by atoms with Crippen molar-refractivity contribution in [1.29, 1.82) is 0 Å². The van der Waals surface area contributed by atoms with Crippen LogP contribution in [0.4, 0.5) is 5.13 Å². The first kappa shape index (κ1) is 20.3. The number of para-hydroxylation sites is 1. The number of anilines is 1. The molecule has 1 aliphatic rings. The van der Waals surface area contributed by atoms with Crippen molar-refractivity contribution in [3.8, 4) is 0 Å². The van der Waals surface area contributed by atoms with E-state index in [2.05, 4.69) is 56.6 Å². The van der Waals surface area contributed by atoms with Crippen LogP contribution in [0, 0.1) is 0 Å². The van der Waals surface area contributed by atoms with E-state index in [1.165, 1.54) is 15.1 Å². The van der Waals surface area contributed by atoms with Crippen LogP contribution < -0.4 is 5.32 Å². The molecule has 158 valence electrons. The summed E-state index contributed by atoms with van der Waals surface area (Å²) in [5.74, 6) is 0.0355. The zero-order valence-electron chi connectivity index (χ0n) is 17.2. The van der Waals surface area contributed by atoms with E-state index in [1.54, 1.807) is 22.7 Å². The molecule has 0 aliphatic carbocycles. The summed E-state index contributed by atoms with van der Waals surface area (Å²) < 4.78 is 1.21. The van der Waals surface area contributed by atoms with Crippen molar-refractivity contribution in [1.82, 2.24) is 14.9 Å². The summed E-state index contributed by atoms with van der Waals surface area (Å²) in [6.45, 7) is 2.85. The molecule has 5 nitrogen and oxygen atoms in total. The molecular formula is C24H24N4OS2. The number of rotatable bonds is 7. The number of fused-ring (bicyclic) bond motifs is 2. The summed E-state index contributed by atoms with van der Waals surface area (Å²) in [7, 11) is 0. The van der Waals surface area contributed by atoms with Crippen molar-refractivity contribution in [3.63, 3.8) is 0 Å². The first-order valence-electron chi connectivity index (χ1n) is 10.6. The van der Waals surface area contributed by atoms with Gasteiger partial charge in [-0.2, -0.15) is 0 Å². The van der Waals surface area contributed by atoms with Crippen LogP contribution in [0.2, 0.25) is 0 Å². The lowest BCUT2D eigenvalue weighted by Crippen LogP contribution is -2.29. The summed E-state index contributed by atoms with van der Waals surface area (Å²) in [5, 5.41) is 4.84. The van der Waals surface area contributed by atoms with Gasteiger partial charge >= 0.3 is 0 Å². The first-order valence-corrected chi connectivity index (χ1v) is 12.3. The maximum absolute atomic E-state index is 12.4. The number of hydrogen-bond donors (Lipinski definition) is 1. The Morgan fingerprint density at radius 3 is 2.74 bits per heavy atom. The third kappa shape index (κ3) is 5.01. The van der Waals surface area contributed by atoms with E-state index >= 15 is 0 Å². The summed E-state index contributed by atoms with van der Waals surface area (Å²) in [6.07, 6.45) is 3.05. The van der Waals surface area contributed by atoms with Gasteiger partial charge in [-0.1, -0.05) is 42.5 Å². The predicted molar refractivity (Wildman–Crippen MR) is 128 cm³/mol.